The van der Waals surface area contributed by atoms with Crippen molar-refractivity contribution in [1.29, 1.82) is 0 Å². The van der Waals surface area contributed by atoms with E-state index in [1.165, 1.54) is 5.56 Å². The predicted molar refractivity (Wildman–Crippen MR) is 148 cm³/mol. The number of hydrogen-bond acceptors (Lipinski definition) is 5. The summed E-state index contributed by atoms with van der Waals surface area (Å²) in [6.45, 7) is 13.4. The van der Waals surface area contributed by atoms with Gasteiger partial charge >= 0.3 is 0 Å². The first kappa shape index (κ1) is 27.2. The third-order valence-electron chi connectivity index (χ3n) is 6.79. The van der Waals surface area contributed by atoms with E-state index in [-0.39, 0.29) is 11.1 Å². The molecular formula is C28H38ClN3O2Si. The van der Waals surface area contributed by atoms with Crippen molar-refractivity contribution in [3.05, 3.63) is 76.4 Å². The minimum absolute atomic E-state index is 0.0625. The van der Waals surface area contributed by atoms with Crippen LogP contribution in [0, 0.1) is 6.92 Å². The molecule has 0 spiro atoms. The summed E-state index contributed by atoms with van der Waals surface area (Å²) in [7, 11) is -0.299. The molecule has 1 atom stereocenters. The fourth-order valence-corrected chi connectivity index (χ4v) is 5.08. The molecule has 1 N–H and O–H groups in total. The van der Waals surface area contributed by atoms with Crippen molar-refractivity contribution in [2.45, 2.75) is 71.2 Å². The van der Waals surface area contributed by atoms with Crippen molar-refractivity contribution in [2.24, 2.45) is 0 Å². The maximum atomic E-state index is 6.85. The Morgan fingerprint density at radius 2 is 1.74 bits per heavy atom. The molecule has 7 heteroatoms. The van der Waals surface area contributed by atoms with Gasteiger partial charge in [-0.2, -0.15) is 4.98 Å². The zero-order chi connectivity index (χ0) is 25.6. The average molecular weight is 512 g/mol. The lowest BCUT2D eigenvalue weighted by Gasteiger charge is -2.39. The van der Waals surface area contributed by atoms with Gasteiger partial charge in [0.2, 0.25) is 11.8 Å². The van der Waals surface area contributed by atoms with Gasteiger partial charge in [-0.05, 0) is 67.6 Å². The van der Waals surface area contributed by atoms with Crippen LogP contribution in [0.15, 0.2) is 54.6 Å². The van der Waals surface area contributed by atoms with Gasteiger partial charge in [-0.3, -0.25) is 0 Å². The van der Waals surface area contributed by atoms with Gasteiger partial charge in [-0.1, -0.05) is 68.8 Å². The van der Waals surface area contributed by atoms with Gasteiger partial charge < -0.3 is 14.5 Å². The lowest BCUT2D eigenvalue weighted by molar-refractivity contribution is 0.171. The molecule has 0 amide bonds. The number of nitrogens with one attached hydrogen (secondary N) is 1. The molecular weight excluding hydrogens is 474 g/mol. The molecule has 188 valence electrons. The van der Waals surface area contributed by atoms with E-state index >= 15 is 0 Å². The molecule has 1 heterocycles. The molecule has 0 radical (unpaired) electrons. The fraction of sp³-hybridized carbons (Fsp3) is 0.429. The van der Waals surface area contributed by atoms with Crippen LogP contribution in [-0.4, -0.2) is 25.4 Å². The first-order valence-electron chi connectivity index (χ1n) is 12.2. The van der Waals surface area contributed by atoms with E-state index < -0.39 is 8.32 Å². The van der Waals surface area contributed by atoms with Crippen LogP contribution in [0.1, 0.15) is 56.5 Å². The molecule has 0 aliphatic rings. The highest BCUT2D eigenvalue weighted by atomic mass is 35.5. The van der Waals surface area contributed by atoms with E-state index in [2.05, 4.69) is 74.5 Å². The summed E-state index contributed by atoms with van der Waals surface area (Å²) < 4.78 is 12.3. The van der Waals surface area contributed by atoms with Gasteiger partial charge in [0.1, 0.15) is 0 Å². The summed E-state index contributed by atoms with van der Waals surface area (Å²) in [5, 5.41) is 4.15. The number of anilines is 2. The molecule has 0 saturated heterocycles. The topological polar surface area (TPSA) is 56.3 Å². The lowest BCUT2D eigenvalue weighted by atomic mass is 10.0. The Labute approximate surface area is 216 Å². The average Bonchev–Trinajstić information content (AvgIpc) is 2.81. The number of methoxy groups -OCH3 is 1. The Kier molecular flexibility index (Phi) is 8.97. The molecule has 1 unspecified atom stereocenters. The van der Waals surface area contributed by atoms with Crippen LogP contribution in [0.5, 0.6) is 5.88 Å². The summed E-state index contributed by atoms with van der Waals surface area (Å²) >= 11 is 6.28. The molecule has 2 aromatic carbocycles. The van der Waals surface area contributed by atoms with Crippen LogP contribution >= 0.6 is 11.6 Å². The molecule has 35 heavy (non-hydrogen) atoms. The van der Waals surface area contributed by atoms with Crippen LogP contribution in [0.3, 0.4) is 0 Å². The summed E-state index contributed by atoms with van der Waals surface area (Å²) in [5.41, 5.74) is 3.99. The second kappa shape index (κ2) is 11.5. The van der Waals surface area contributed by atoms with Crippen LogP contribution < -0.4 is 10.1 Å². The van der Waals surface area contributed by atoms with E-state index in [1.807, 2.05) is 31.2 Å². The number of aromatic nitrogens is 2. The number of benzene rings is 2. The molecule has 0 aliphatic heterocycles. The van der Waals surface area contributed by atoms with Gasteiger partial charge in [-0.25, -0.2) is 4.98 Å². The summed E-state index contributed by atoms with van der Waals surface area (Å²) in [5.74, 6) is 1.04. The second-order valence-corrected chi connectivity index (χ2v) is 15.6. The van der Waals surface area contributed by atoms with E-state index in [1.54, 1.807) is 7.11 Å². The van der Waals surface area contributed by atoms with Gasteiger partial charge in [0, 0.05) is 22.5 Å². The van der Waals surface area contributed by atoms with E-state index in [4.69, 9.17) is 25.7 Å². The summed E-state index contributed by atoms with van der Waals surface area (Å²) in [6, 6.07) is 18.2. The normalized spacial score (nSPS) is 12.9. The van der Waals surface area contributed by atoms with Crippen molar-refractivity contribution in [2.75, 3.05) is 12.4 Å². The molecule has 0 bridgehead atoms. The van der Waals surface area contributed by atoms with Gasteiger partial charge in [0.05, 0.1) is 13.2 Å². The van der Waals surface area contributed by atoms with E-state index in [0.29, 0.717) is 16.9 Å². The highest BCUT2D eigenvalue weighted by molar-refractivity contribution is 6.74. The predicted octanol–water partition coefficient (Wildman–Crippen LogP) is 8.28. The highest BCUT2D eigenvalue weighted by Crippen LogP contribution is 2.41. The number of halogens is 1. The van der Waals surface area contributed by atoms with E-state index in [0.717, 1.165) is 36.2 Å². The number of hydrogen-bond donors (Lipinski definition) is 1. The molecule has 0 aliphatic carbocycles. The Hall–Kier alpha value is -2.41. The van der Waals surface area contributed by atoms with Crippen molar-refractivity contribution in [3.63, 3.8) is 0 Å². The van der Waals surface area contributed by atoms with Crippen molar-refractivity contribution >= 4 is 31.6 Å². The Morgan fingerprint density at radius 3 is 2.40 bits per heavy atom. The highest BCUT2D eigenvalue weighted by Gasteiger charge is 2.39. The molecule has 5 nitrogen and oxygen atoms in total. The van der Waals surface area contributed by atoms with Gasteiger partial charge in [-0.15, -0.1) is 0 Å². The zero-order valence-electron chi connectivity index (χ0n) is 22.0. The maximum Gasteiger partial charge on any atom is 0.230 e. The number of aryl methyl sites for hydroxylation is 1. The summed E-state index contributed by atoms with van der Waals surface area (Å²) in [4.78, 5) is 9.23. The van der Waals surface area contributed by atoms with Crippen molar-refractivity contribution in [3.8, 4) is 5.88 Å². The standard InChI is InChI=1S/C28H38ClN3O2Si/c1-20-23(29)16-12-17-24(20)31-27-30-22(19-26(32-27)33-5)15-11-18-25(21-13-9-8-10-14-21)34-35(6,7)28(2,3)4/h8-10,12-14,16-17,19,25H,11,15,18H2,1-7H3,(H,30,31,32). The van der Waals surface area contributed by atoms with E-state index in [9.17, 15) is 0 Å². The fourth-order valence-electron chi connectivity index (χ4n) is 3.59. The number of rotatable bonds is 10. The molecule has 3 aromatic rings. The zero-order valence-corrected chi connectivity index (χ0v) is 23.7. The van der Waals surface area contributed by atoms with Crippen LogP contribution in [0.4, 0.5) is 11.6 Å². The number of ether oxygens (including phenoxy) is 1. The second-order valence-electron chi connectivity index (χ2n) is 10.4. The minimum atomic E-state index is -1.92. The van der Waals surface area contributed by atoms with Gasteiger partial charge in [0.15, 0.2) is 8.32 Å². The Balaban J connectivity index is 1.75. The van der Waals surface area contributed by atoms with Crippen molar-refractivity contribution < 1.29 is 9.16 Å². The SMILES string of the molecule is COc1cc(CCCC(O[Si](C)(C)C(C)(C)C)c2ccccc2)nc(Nc2cccc(Cl)c2C)n1. The smallest absolute Gasteiger partial charge is 0.230 e. The Morgan fingerprint density at radius 1 is 1.03 bits per heavy atom. The first-order valence-corrected chi connectivity index (χ1v) is 15.5. The Bertz CT molecular complexity index is 1120. The molecule has 3 rings (SSSR count). The minimum Gasteiger partial charge on any atom is -0.481 e. The van der Waals surface area contributed by atoms with Crippen molar-refractivity contribution in [1.82, 2.24) is 9.97 Å². The van der Waals surface area contributed by atoms with Gasteiger partial charge in [0.25, 0.3) is 0 Å². The third kappa shape index (κ3) is 7.29. The van der Waals surface area contributed by atoms with Crippen LogP contribution in [0.2, 0.25) is 23.2 Å². The first-order chi connectivity index (χ1) is 16.5. The largest absolute Gasteiger partial charge is 0.481 e. The molecule has 0 fully saturated rings. The quantitative estimate of drug-likeness (QED) is 0.277. The third-order valence-corrected chi connectivity index (χ3v) is 11.7. The summed E-state index contributed by atoms with van der Waals surface area (Å²) in [6.07, 6.45) is 2.71. The monoisotopic (exact) mass is 511 g/mol. The lowest BCUT2D eigenvalue weighted by Crippen LogP contribution is -2.41. The molecule has 1 aromatic heterocycles. The van der Waals surface area contributed by atoms with Crippen LogP contribution in [-0.2, 0) is 10.8 Å². The molecule has 0 saturated carbocycles. The number of nitrogens with zero attached hydrogens (tertiary/aromatic N) is 2. The maximum absolute atomic E-state index is 6.85. The van der Waals surface area contributed by atoms with Crippen LogP contribution in [0.25, 0.3) is 0 Å².